The third kappa shape index (κ3) is 11.7. The van der Waals surface area contributed by atoms with Crippen molar-refractivity contribution in [2.75, 3.05) is 27.4 Å². The molecule has 0 aliphatic carbocycles. The van der Waals surface area contributed by atoms with Gasteiger partial charge in [0.1, 0.15) is 0 Å². The maximum Gasteiger partial charge on any atom is 0.223 e. The van der Waals surface area contributed by atoms with Crippen molar-refractivity contribution in [3.63, 3.8) is 0 Å². The fraction of sp³-hybridized carbons (Fsp3) is 0.794. The van der Waals surface area contributed by atoms with Gasteiger partial charge in [0.25, 0.3) is 0 Å². The summed E-state index contributed by atoms with van der Waals surface area (Å²) in [5, 5.41) is 18.2. The van der Waals surface area contributed by atoms with Gasteiger partial charge in [-0.15, -0.1) is 0 Å². The molecule has 0 aromatic heterocycles. The van der Waals surface area contributed by atoms with E-state index in [1.54, 1.807) is 14.2 Å². The zero-order valence-corrected chi connectivity index (χ0v) is 28.1. The monoisotopic (exact) mass is 591 g/mol. The molecule has 1 aliphatic heterocycles. The Kier molecular flexibility index (Phi) is 14.1. The molecular formula is C34H61N3O5. The average Bonchev–Trinajstić information content (AvgIpc) is 2.87. The summed E-state index contributed by atoms with van der Waals surface area (Å²) in [5.74, 6) is 1.87. The first-order valence-corrected chi connectivity index (χ1v) is 15.9. The molecule has 0 spiro atoms. The summed E-state index contributed by atoms with van der Waals surface area (Å²) in [6, 6.07) is 5.74. The molecule has 0 radical (unpaired) electrons. The van der Waals surface area contributed by atoms with Gasteiger partial charge >= 0.3 is 0 Å². The van der Waals surface area contributed by atoms with E-state index in [0.717, 1.165) is 37.0 Å². The molecule has 2 rings (SSSR count). The van der Waals surface area contributed by atoms with E-state index in [2.05, 4.69) is 58.2 Å². The molecule has 0 bridgehead atoms. The van der Waals surface area contributed by atoms with Crippen LogP contribution in [0.4, 0.5) is 0 Å². The number of nitrogens with one attached hydrogen (secondary N) is 2. The lowest BCUT2D eigenvalue weighted by molar-refractivity contribution is -0.129. The van der Waals surface area contributed by atoms with Crippen LogP contribution in [0.15, 0.2) is 18.2 Å². The second kappa shape index (κ2) is 16.3. The van der Waals surface area contributed by atoms with E-state index in [1.165, 1.54) is 0 Å². The predicted octanol–water partition coefficient (Wildman–Crippen LogP) is 5.09. The molecule has 4 atom stereocenters. The third-order valence-corrected chi connectivity index (χ3v) is 8.66. The summed E-state index contributed by atoms with van der Waals surface area (Å²) in [4.78, 5) is 13.5. The van der Waals surface area contributed by atoms with E-state index >= 15 is 0 Å². The first-order valence-electron chi connectivity index (χ1n) is 15.9. The molecule has 1 fully saturated rings. The van der Waals surface area contributed by atoms with Crippen molar-refractivity contribution >= 4 is 5.91 Å². The van der Waals surface area contributed by atoms with Crippen molar-refractivity contribution in [1.29, 1.82) is 0 Å². The Hall–Kier alpha value is -1.87. The number of aliphatic hydroxyl groups excluding tert-OH is 1. The van der Waals surface area contributed by atoms with Crippen molar-refractivity contribution < 1.29 is 24.1 Å². The SMILES string of the molecule is COCCCOc1cc(C[C@@H](C[C@H](N)[C@@H](O)C[C@H](C(=O)NC2CC(C)(C)NC(C)(C)C2)C(C)C)C(C)C)ccc1OC. The van der Waals surface area contributed by atoms with Crippen LogP contribution in [0.3, 0.4) is 0 Å². The quantitative estimate of drug-likeness (QED) is 0.187. The lowest BCUT2D eigenvalue weighted by Gasteiger charge is -2.47. The number of carbonyl (C=O) groups is 1. The predicted molar refractivity (Wildman–Crippen MR) is 171 cm³/mol. The van der Waals surface area contributed by atoms with Crippen molar-refractivity contribution in [2.24, 2.45) is 29.4 Å². The first-order chi connectivity index (χ1) is 19.6. The minimum atomic E-state index is -0.763. The van der Waals surface area contributed by atoms with Gasteiger partial charge in [0.15, 0.2) is 11.5 Å². The van der Waals surface area contributed by atoms with Crippen LogP contribution in [0.2, 0.25) is 0 Å². The molecule has 8 heteroatoms. The molecule has 0 unspecified atom stereocenters. The maximum absolute atomic E-state index is 13.5. The van der Waals surface area contributed by atoms with E-state index in [0.29, 0.717) is 37.7 Å². The Morgan fingerprint density at radius 2 is 1.67 bits per heavy atom. The Bertz CT molecular complexity index is 948. The number of hydrogen-bond donors (Lipinski definition) is 4. The molecular weight excluding hydrogens is 530 g/mol. The van der Waals surface area contributed by atoms with Crippen LogP contribution in [0.25, 0.3) is 0 Å². The molecule has 42 heavy (non-hydrogen) atoms. The number of methoxy groups -OCH3 is 2. The van der Waals surface area contributed by atoms with Crippen LogP contribution >= 0.6 is 0 Å². The summed E-state index contributed by atoms with van der Waals surface area (Å²) in [7, 11) is 3.33. The van der Waals surface area contributed by atoms with Crippen molar-refractivity contribution in [2.45, 2.75) is 123 Å². The molecule has 1 amide bonds. The summed E-state index contributed by atoms with van der Waals surface area (Å²) in [6.45, 7) is 18.4. The Morgan fingerprint density at radius 3 is 2.21 bits per heavy atom. The lowest BCUT2D eigenvalue weighted by atomic mass is 9.78. The Labute approximate surface area is 255 Å². The lowest BCUT2D eigenvalue weighted by Crippen LogP contribution is -2.62. The third-order valence-electron chi connectivity index (χ3n) is 8.66. The number of hydrogen-bond acceptors (Lipinski definition) is 7. The smallest absolute Gasteiger partial charge is 0.223 e. The summed E-state index contributed by atoms with van der Waals surface area (Å²) in [5.41, 5.74) is 7.67. The number of piperidine rings is 1. The highest BCUT2D eigenvalue weighted by atomic mass is 16.5. The molecule has 1 heterocycles. The van der Waals surface area contributed by atoms with Gasteiger partial charge in [-0.05, 0) is 95.2 Å². The minimum Gasteiger partial charge on any atom is -0.493 e. The van der Waals surface area contributed by atoms with Crippen molar-refractivity contribution in [1.82, 2.24) is 10.6 Å². The Balaban J connectivity index is 2.04. The van der Waals surface area contributed by atoms with Gasteiger partial charge in [-0.3, -0.25) is 4.79 Å². The summed E-state index contributed by atoms with van der Waals surface area (Å²) >= 11 is 0. The van der Waals surface area contributed by atoms with Crippen LogP contribution in [-0.4, -0.2) is 67.7 Å². The van der Waals surface area contributed by atoms with E-state index in [9.17, 15) is 9.90 Å². The maximum atomic E-state index is 13.5. The highest BCUT2D eigenvalue weighted by molar-refractivity contribution is 5.79. The molecule has 0 saturated carbocycles. The van der Waals surface area contributed by atoms with E-state index in [-0.39, 0.29) is 40.8 Å². The van der Waals surface area contributed by atoms with Crippen LogP contribution in [0.1, 0.15) is 93.1 Å². The zero-order valence-electron chi connectivity index (χ0n) is 28.1. The topological polar surface area (TPSA) is 115 Å². The first kappa shape index (κ1) is 36.3. The van der Waals surface area contributed by atoms with Gasteiger partial charge in [0.2, 0.25) is 5.91 Å². The fourth-order valence-electron chi connectivity index (χ4n) is 6.60. The minimum absolute atomic E-state index is 0.0198. The molecule has 5 N–H and O–H groups in total. The summed E-state index contributed by atoms with van der Waals surface area (Å²) < 4.78 is 16.6. The highest BCUT2D eigenvalue weighted by Crippen LogP contribution is 2.32. The number of benzene rings is 1. The van der Waals surface area contributed by atoms with Crippen LogP contribution in [0.5, 0.6) is 11.5 Å². The Morgan fingerprint density at radius 1 is 1.02 bits per heavy atom. The standard InChI is InChI=1S/C34H61N3O5/c1-22(2)25(16-24-12-13-30(41-10)31(17-24)42-15-11-14-40-9)18-28(35)29(38)19-27(23(3)4)32(39)36-26-20-33(5,6)37-34(7,8)21-26/h12-13,17,22-23,25-29,37-38H,11,14-16,18-21,35H2,1-10H3,(H,36,39)/t25-,27-,28-,29-/m0/s1. The van der Waals surface area contributed by atoms with Gasteiger partial charge < -0.3 is 35.7 Å². The second-order valence-corrected chi connectivity index (χ2v) is 14.4. The van der Waals surface area contributed by atoms with Crippen molar-refractivity contribution in [3.05, 3.63) is 23.8 Å². The van der Waals surface area contributed by atoms with Crippen LogP contribution < -0.4 is 25.8 Å². The van der Waals surface area contributed by atoms with E-state index < -0.39 is 12.1 Å². The largest absolute Gasteiger partial charge is 0.493 e. The van der Waals surface area contributed by atoms with Crippen molar-refractivity contribution in [3.8, 4) is 11.5 Å². The number of aliphatic hydroxyl groups is 1. The van der Waals surface area contributed by atoms with Gasteiger partial charge in [0, 0.05) is 49.2 Å². The summed E-state index contributed by atoms with van der Waals surface area (Å²) in [6.07, 6.45) is 3.61. The average molecular weight is 592 g/mol. The molecule has 1 aromatic carbocycles. The number of rotatable bonds is 17. The molecule has 8 nitrogen and oxygen atoms in total. The zero-order chi connectivity index (χ0) is 31.7. The number of amides is 1. The number of ether oxygens (including phenoxy) is 3. The van der Waals surface area contributed by atoms with E-state index in [1.807, 2.05) is 26.0 Å². The molecule has 242 valence electrons. The van der Waals surface area contributed by atoms with Crippen LogP contribution in [0, 0.1) is 23.7 Å². The van der Waals surface area contributed by atoms with Gasteiger partial charge in [-0.25, -0.2) is 0 Å². The fourth-order valence-corrected chi connectivity index (χ4v) is 6.60. The van der Waals surface area contributed by atoms with Crippen LogP contribution in [-0.2, 0) is 16.0 Å². The molecule has 1 aliphatic rings. The molecule has 1 aromatic rings. The molecule has 1 saturated heterocycles. The van der Waals surface area contributed by atoms with Gasteiger partial charge in [-0.2, -0.15) is 0 Å². The second-order valence-electron chi connectivity index (χ2n) is 14.4. The highest BCUT2D eigenvalue weighted by Gasteiger charge is 2.39. The van der Waals surface area contributed by atoms with Gasteiger partial charge in [-0.1, -0.05) is 33.8 Å². The van der Waals surface area contributed by atoms with Gasteiger partial charge in [0.05, 0.1) is 19.8 Å². The number of nitrogens with two attached hydrogens (primary N) is 1. The number of carbonyl (C=O) groups excluding carboxylic acids is 1. The van der Waals surface area contributed by atoms with E-state index in [4.69, 9.17) is 19.9 Å². The normalized spacial score (nSPS) is 19.8.